The van der Waals surface area contributed by atoms with E-state index in [0.717, 1.165) is 37.3 Å². The molecule has 1 saturated heterocycles. The lowest BCUT2D eigenvalue weighted by atomic mass is 9.94. The van der Waals surface area contributed by atoms with Gasteiger partial charge in [0.15, 0.2) is 5.82 Å². The second-order valence-corrected chi connectivity index (χ2v) is 6.92. The first-order valence-electron chi connectivity index (χ1n) is 7.79. The molecule has 0 aromatic carbocycles. The standard InChI is InChI=1S/C16H23N5O/c1-16(2,3)15(22)19-12-5-4-9-20(11-12)14-13-6-7-18-21(13)10-8-17-14/h6-8,10,12H,4-5,9,11H2,1-3H3,(H,19,22). The number of piperidine rings is 1. The number of hydrogen-bond donors (Lipinski definition) is 1. The van der Waals surface area contributed by atoms with Crippen LogP contribution in [-0.4, -0.2) is 39.6 Å². The second kappa shape index (κ2) is 5.59. The van der Waals surface area contributed by atoms with Gasteiger partial charge in [0.1, 0.15) is 5.52 Å². The Balaban J connectivity index is 1.76. The molecule has 118 valence electrons. The predicted molar refractivity (Wildman–Crippen MR) is 85.8 cm³/mol. The Kier molecular flexibility index (Phi) is 3.76. The zero-order chi connectivity index (χ0) is 15.7. The SMILES string of the molecule is CC(C)(C)C(=O)NC1CCCN(c2nccn3nccc23)C1. The topological polar surface area (TPSA) is 62.5 Å². The molecule has 22 heavy (non-hydrogen) atoms. The van der Waals surface area contributed by atoms with Crippen molar-refractivity contribution < 1.29 is 4.79 Å². The summed E-state index contributed by atoms with van der Waals surface area (Å²) in [5.41, 5.74) is 0.650. The van der Waals surface area contributed by atoms with Crippen molar-refractivity contribution >= 4 is 17.2 Å². The van der Waals surface area contributed by atoms with Crippen LogP contribution in [0, 0.1) is 5.41 Å². The summed E-state index contributed by atoms with van der Waals surface area (Å²) in [5.74, 6) is 1.05. The number of carbonyl (C=O) groups is 1. The van der Waals surface area contributed by atoms with Crippen molar-refractivity contribution in [3.63, 3.8) is 0 Å². The van der Waals surface area contributed by atoms with Crippen LogP contribution in [0.1, 0.15) is 33.6 Å². The van der Waals surface area contributed by atoms with Gasteiger partial charge >= 0.3 is 0 Å². The van der Waals surface area contributed by atoms with Gasteiger partial charge in [-0.1, -0.05) is 20.8 Å². The molecule has 0 saturated carbocycles. The molecule has 0 aliphatic carbocycles. The van der Waals surface area contributed by atoms with Crippen LogP contribution in [0.25, 0.3) is 5.52 Å². The molecule has 1 atom stereocenters. The molecule has 6 heteroatoms. The Morgan fingerprint density at radius 2 is 2.18 bits per heavy atom. The van der Waals surface area contributed by atoms with Gasteiger partial charge in [0, 0.05) is 36.9 Å². The number of anilines is 1. The minimum absolute atomic E-state index is 0.106. The van der Waals surface area contributed by atoms with Gasteiger partial charge in [0.05, 0.1) is 6.20 Å². The van der Waals surface area contributed by atoms with Gasteiger partial charge in [-0.25, -0.2) is 9.50 Å². The van der Waals surface area contributed by atoms with E-state index in [0.29, 0.717) is 0 Å². The van der Waals surface area contributed by atoms with Gasteiger partial charge in [-0.15, -0.1) is 0 Å². The van der Waals surface area contributed by atoms with Crippen LogP contribution in [0.5, 0.6) is 0 Å². The monoisotopic (exact) mass is 301 g/mol. The Morgan fingerprint density at radius 3 is 2.95 bits per heavy atom. The van der Waals surface area contributed by atoms with Crippen molar-refractivity contribution in [2.45, 2.75) is 39.7 Å². The van der Waals surface area contributed by atoms with Gasteiger partial charge in [-0.3, -0.25) is 4.79 Å². The van der Waals surface area contributed by atoms with E-state index in [1.54, 1.807) is 12.4 Å². The highest BCUT2D eigenvalue weighted by atomic mass is 16.2. The summed E-state index contributed by atoms with van der Waals surface area (Å²) < 4.78 is 1.83. The minimum Gasteiger partial charge on any atom is -0.353 e. The highest BCUT2D eigenvalue weighted by Gasteiger charge is 2.28. The number of nitrogens with one attached hydrogen (secondary N) is 1. The average molecular weight is 301 g/mol. The zero-order valence-corrected chi connectivity index (χ0v) is 13.4. The highest BCUT2D eigenvalue weighted by molar-refractivity contribution is 5.81. The number of nitrogens with zero attached hydrogens (tertiary/aromatic N) is 4. The summed E-state index contributed by atoms with van der Waals surface area (Å²) in [5, 5.41) is 7.42. The van der Waals surface area contributed by atoms with E-state index in [2.05, 4.69) is 20.3 Å². The van der Waals surface area contributed by atoms with Gasteiger partial charge in [-0.05, 0) is 18.9 Å². The molecular weight excluding hydrogens is 278 g/mol. The maximum Gasteiger partial charge on any atom is 0.225 e. The normalized spacial score (nSPS) is 19.4. The maximum atomic E-state index is 12.2. The first-order chi connectivity index (χ1) is 10.4. The molecule has 0 radical (unpaired) electrons. The number of rotatable bonds is 2. The van der Waals surface area contributed by atoms with Crippen LogP contribution in [0.3, 0.4) is 0 Å². The van der Waals surface area contributed by atoms with Crippen molar-refractivity contribution in [1.82, 2.24) is 19.9 Å². The third-order valence-electron chi connectivity index (χ3n) is 4.04. The third-order valence-corrected chi connectivity index (χ3v) is 4.04. The van der Waals surface area contributed by atoms with E-state index >= 15 is 0 Å². The number of amides is 1. The lowest BCUT2D eigenvalue weighted by Gasteiger charge is -2.35. The van der Waals surface area contributed by atoms with Crippen LogP contribution in [0.2, 0.25) is 0 Å². The summed E-state index contributed by atoms with van der Waals surface area (Å²) in [7, 11) is 0. The maximum absolute atomic E-state index is 12.2. The molecule has 1 unspecified atom stereocenters. The molecule has 0 bridgehead atoms. The molecule has 1 amide bonds. The largest absolute Gasteiger partial charge is 0.353 e. The van der Waals surface area contributed by atoms with Crippen molar-refractivity contribution in [2.75, 3.05) is 18.0 Å². The molecule has 1 N–H and O–H groups in total. The van der Waals surface area contributed by atoms with Crippen LogP contribution in [-0.2, 0) is 4.79 Å². The summed E-state index contributed by atoms with van der Waals surface area (Å²) in [6.07, 6.45) is 7.46. The number of carbonyl (C=O) groups excluding carboxylic acids is 1. The molecule has 1 fully saturated rings. The van der Waals surface area contributed by atoms with Crippen LogP contribution in [0.15, 0.2) is 24.7 Å². The van der Waals surface area contributed by atoms with Crippen LogP contribution < -0.4 is 10.2 Å². The minimum atomic E-state index is -0.355. The summed E-state index contributed by atoms with van der Waals surface area (Å²) in [6.45, 7) is 7.58. The number of fused-ring (bicyclic) bond motifs is 1. The fourth-order valence-electron chi connectivity index (χ4n) is 2.78. The molecule has 0 spiro atoms. The lowest BCUT2D eigenvalue weighted by molar-refractivity contribution is -0.129. The van der Waals surface area contributed by atoms with E-state index in [9.17, 15) is 4.79 Å². The smallest absolute Gasteiger partial charge is 0.225 e. The molecule has 2 aromatic rings. The summed E-state index contributed by atoms with van der Waals surface area (Å²) in [6, 6.07) is 2.14. The fourth-order valence-corrected chi connectivity index (χ4v) is 2.78. The highest BCUT2D eigenvalue weighted by Crippen LogP contribution is 2.23. The van der Waals surface area contributed by atoms with E-state index in [4.69, 9.17) is 0 Å². The Morgan fingerprint density at radius 1 is 1.36 bits per heavy atom. The Labute approximate surface area is 130 Å². The number of hydrogen-bond acceptors (Lipinski definition) is 4. The molecule has 6 nitrogen and oxygen atoms in total. The molecule has 3 heterocycles. The summed E-state index contributed by atoms with van der Waals surface area (Å²) >= 11 is 0. The van der Waals surface area contributed by atoms with Gasteiger partial charge < -0.3 is 10.2 Å². The van der Waals surface area contributed by atoms with E-state index in [-0.39, 0.29) is 17.4 Å². The van der Waals surface area contributed by atoms with Crippen molar-refractivity contribution in [2.24, 2.45) is 5.41 Å². The first-order valence-corrected chi connectivity index (χ1v) is 7.79. The Hall–Kier alpha value is -2.11. The number of aromatic nitrogens is 3. The second-order valence-electron chi connectivity index (χ2n) is 6.92. The van der Waals surface area contributed by atoms with Gasteiger partial charge in [-0.2, -0.15) is 5.10 Å². The first kappa shape index (κ1) is 14.8. The van der Waals surface area contributed by atoms with Crippen molar-refractivity contribution in [1.29, 1.82) is 0 Å². The Bertz CT molecular complexity index is 672. The summed E-state index contributed by atoms with van der Waals surface area (Å²) in [4.78, 5) is 18.9. The van der Waals surface area contributed by atoms with E-state index < -0.39 is 0 Å². The van der Waals surface area contributed by atoms with Crippen molar-refractivity contribution in [3.05, 3.63) is 24.7 Å². The molecule has 1 aliphatic rings. The van der Waals surface area contributed by atoms with E-state index in [1.807, 2.05) is 37.5 Å². The fraction of sp³-hybridized carbons (Fsp3) is 0.562. The average Bonchev–Trinajstić information content (AvgIpc) is 2.94. The molecule has 2 aromatic heterocycles. The predicted octanol–water partition coefficient (Wildman–Crippen LogP) is 1.86. The van der Waals surface area contributed by atoms with Crippen molar-refractivity contribution in [3.8, 4) is 0 Å². The quantitative estimate of drug-likeness (QED) is 0.919. The molecule has 1 aliphatic heterocycles. The molecule has 3 rings (SSSR count). The van der Waals surface area contributed by atoms with Gasteiger partial charge in [0.25, 0.3) is 0 Å². The van der Waals surface area contributed by atoms with Gasteiger partial charge in [0.2, 0.25) is 5.91 Å². The molecular formula is C16H23N5O. The van der Waals surface area contributed by atoms with Crippen LogP contribution in [0.4, 0.5) is 5.82 Å². The van der Waals surface area contributed by atoms with E-state index in [1.165, 1.54) is 0 Å². The zero-order valence-electron chi connectivity index (χ0n) is 13.4. The lowest BCUT2D eigenvalue weighted by Crippen LogP contribution is -2.50. The van der Waals surface area contributed by atoms with Crippen LogP contribution >= 0.6 is 0 Å². The third kappa shape index (κ3) is 2.91.